The van der Waals surface area contributed by atoms with E-state index in [9.17, 15) is 0 Å². The van der Waals surface area contributed by atoms with Crippen molar-refractivity contribution in [2.24, 2.45) is 41.4 Å². The Morgan fingerprint density at radius 2 is 1.26 bits per heavy atom. The first-order valence-electron chi connectivity index (χ1n) is 15.6. The lowest BCUT2D eigenvalue weighted by molar-refractivity contribution is -0.577. The summed E-state index contributed by atoms with van der Waals surface area (Å²) in [6.07, 6.45) is 6.55. The van der Waals surface area contributed by atoms with Crippen LogP contribution in [-0.4, -0.2) is 53.9 Å². The van der Waals surface area contributed by atoms with Crippen molar-refractivity contribution in [1.82, 2.24) is 0 Å². The first kappa shape index (κ1) is 26.3. The molecule has 10 aliphatic rings. The lowest BCUT2D eigenvalue weighted by Crippen LogP contribution is -2.70. The van der Waals surface area contributed by atoms with Crippen LogP contribution in [-0.2, 0) is 43.2 Å². The molecule has 2 spiro atoms. The maximum Gasteiger partial charge on any atom is 0.201 e. The molecule has 8 heterocycles. The van der Waals surface area contributed by atoms with Crippen LogP contribution >= 0.6 is 0 Å². The number of hydrogen-bond donors (Lipinski definition) is 0. The van der Waals surface area contributed by atoms with E-state index >= 15 is 0 Å². The third-order valence-corrected chi connectivity index (χ3v) is 12.5. The molecular weight excluding hydrogens is 504 g/mol. The van der Waals surface area contributed by atoms with Gasteiger partial charge in [-0.1, -0.05) is 20.8 Å². The Kier molecular flexibility index (Phi) is 5.65. The van der Waals surface area contributed by atoms with Gasteiger partial charge in [0.25, 0.3) is 0 Å². The van der Waals surface area contributed by atoms with Crippen molar-refractivity contribution in [2.45, 2.75) is 140 Å². The van der Waals surface area contributed by atoms with Gasteiger partial charge in [0, 0.05) is 30.6 Å². The quantitative estimate of drug-likeness (QED) is 0.440. The van der Waals surface area contributed by atoms with Crippen molar-refractivity contribution in [3.63, 3.8) is 0 Å². The van der Waals surface area contributed by atoms with E-state index in [0.717, 1.165) is 44.9 Å². The molecule has 0 aromatic rings. The molecule has 8 saturated heterocycles. The molecule has 8 aliphatic heterocycles. The van der Waals surface area contributed by atoms with Crippen LogP contribution in [0.4, 0.5) is 0 Å². The Balaban J connectivity index is 1.06. The van der Waals surface area contributed by atoms with Crippen molar-refractivity contribution in [3.8, 4) is 0 Å². The maximum atomic E-state index is 6.81. The molecular formula is C30H46O9. The zero-order valence-corrected chi connectivity index (χ0v) is 24.3. The highest BCUT2D eigenvalue weighted by atomic mass is 17.3. The third kappa shape index (κ3) is 3.40. The Morgan fingerprint density at radius 1 is 0.641 bits per heavy atom. The molecule has 2 aliphatic carbocycles. The largest absolute Gasteiger partial charge is 0.349 e. The molecule has 2 saturated carbocycles. The average Bonchev–Trinajstić information content (AvgIpc) is 3.10. The Labute approximate surface area is 231 Å². The standard InChI is InChI=1S/C30H46O9/c1-16-7-9-21-18(3)23(32-24-29(21)19(16)11-13-27(5,34-24)36-38-29)31-15-26(4)22-10-8-17(2)20-12-14-28(6)35-25(33-26)30(20,22)39-37-28/h16-25H,7-15H2,1-6H3/t16-,17-,18-,19+,20+,21+,22?,23+,24?,25-,26-,27-,28-,29-,30-/m1/s1. The molecule has 9 heteroatoms. The monoisotopic (exact) mass is 550 g/mol. The molecule has 15 atom stereocenters. The number of rotatable bonds is 3. The fourth-order valence-corrected chi connectivity index (χ4v) is 10.3. The van der Waals surface area contributed by atoms with Crippen molar-refractivity contribution in [2.75, 3.05) is 6.61 Å². The van der Waals surface area contributed by atoms with Gasteiger partial charge in [0.2, 0.25) is 11.6 Å². The number of fused-ring (bicyclic) bond motifs is 4. The fraction of sp³-hybridized carbons (Fsp3) is 1.00. The van der Waals surface area contributed by atoms with Crippen molar-refractivity contribution < 1.29 is 43.2 Å². The molecule has 39 heavy (non-hydrogen) atoms. The van der Waals surface area contributed by atoms with E-state index in [1.54, 1.807) is 0 Å². The lowest BCUT2D eigenvalue weighted by atomic mass is 9.58. The molecule has 9 nitrogen and oxygen atoms in total. The van der Waals surface area contributed by atoms with Crippen LogP contribution in [0.15, 0.2) is 0 Å². The molecule has 0 N–H and O–H groups in total. The molecule has 0 amide bonds. The van der Waals surface area contributed by atoms with E-state index < -0.39 is 47.2 Å². The topological polar surface area (TPSA) is 83.1 Å². The van der Waals surface area contributed by atoms with Gasteiger partial charge in [-0.05, 0) is 83.0 Å². The summed E-state index contributed by atoms with van der Waals surface area (Å²) in [6.45, 7) is 13.4. The van der Waals surface area contributed by atoms with E-state index in [0.29, 0.717) is 30.3 Å². The van der Waals surface area contributed by atoms with E-state index in [4.69, 9.17) is 43.2 Å². The second kappa shape index (κ2) is 8.38. The Hall–Kier alpha value is -0.360. The summed E-state index contributed by atoms with van der Waals surface area (Å²) in [6, 6.07) is 0. The van der Waals surface area contributed by atoms with Gasteiger partial charge < -0.3 is 23.7 Å². The van der Waals surface area contributed by atoms with Crippen LogP contribution in [0.25, 0.3) is 0 Å². The predicted molar refractivity (Wildman–Crippen MR) is 135 cm³/mol. The zero-order valence-electron chi connectivity index (χ0n) is 24.3. The van der Waals surface area contributed by atoms with Gasteiger partial charge in [0.15, 0.2) is 30.1 Å². The summed E-state index contributed by atoms with van der Waals surface area (Å²) in [4.78, 5) is 24.6. The highest BCUT2D eigenvalue weighted by molar-refractivity contribution is 5.15. The summed E-state index contributed by atoms with van der Waals surface area (Å²) in [7, 11) is 0. The number of hydrogen-bond acceptors (Lipinski definition) is 9. The minimum atomic E-state index is -0.797. The highest BCUT2D eigenvalue weighted by Gasteiger charge is 2.74. The molecule has 10 rings (SSSR count). The van der Waals surface area contributed by atoms with E-state index in [1.165, 1.54) is 6.42 Å². The van der Waals surface area contributed by atoms with Crippen LogP contribution in [0.5, 0.6) is 0 Å². The van der Waals surface area contributed by atoms with Gasteiger partial charge in [-0.15, -0.1) is 0 Å². The summed E-state index contributed by atoms with van der Waals surface area (Å²) < 4.78 is 33.3. The predicted octanol–water partition coefficient (Wildman–Crippen LogP) is 5.22. The van der Waals surface area contributed by atoms with Crippen molar-refractivity contribution in [3.05, 3.63) is 0 Å². The van der Waals surface area contributed by atoms with Crippen LogP contribution in [0, 0.1) is 41.4 Å². The van der Waals surface area contributed by atoms with Crippen LogP contribution in [0.2, 0.25) is 0 Å². The first-order chi connectivity index (χ1) is 18.5. The Morgan fingerprint density at radius 3 is 1.97 bits per heavy atom. The highest BCUT2D eigenvalue weighted by Crippen LogP contribution is 2.64. The maximum absolute atomic E-state index is 6.81. The minimum Gasteiger partial charge on any atom is -0.349 e. The molecule has 0 aromatic carbocycles. The van der Waals surface area contributed by atoms with Gasteiger partial charge in [-0.2, -0.15) is 0 Å². The number of ether oxygens (including phenoxy) is 5. The second-order valence-electron chi connectivity index (χ2n) is 14.9. The van der Waals surface area contributed by atoms with Crippen LogP contribution in [0.3, 0.4) is 0 Å². The molecule has 2 unspecified atom stereocenters. The summed E-state index contributed by atoms with van der Waals surface area (Å²) in [5.74, 6) is 0.582. The molecule has 0 radical (unpaired) electrons. The third-order valence-electron chi connectivity index (χ3n) is 12.5. The van der Waals surface area contributed by atoms with Gasteiger partial charge >= 0.3 is 0 Å². The normalized spacial score (nSPS) is 63.2. The van der Waals surface area contributed by atoms with Gasteiger partial charge in [-0.25, -0.2) is 19.6 Å². The van der Waals surface area contributed by atoms with Gasteiger partial charge in [0.1, 0.15) is 0 Å². The van der Waals surface area contributed by atoms with Crippen molar-refractivity contribution in [1.29, 1.82) is 0 Å². The fourth-order valence-electron chi connectivity index (χ4n) is 10.3. The SMILES string of the molecule is C[C@H]1[C@@H](OC[C@@]2(C)O[C@@H]3O[C@@]4(C)CC[C@H]5[C@H](C)CCC2[C@@]35OO4)OC2O[C@@]3(C)CC[C@H]4[C@H](C)CC[C@@H]1[C@@]24OO3. The van der Waals surface area contributed by atoms with Crippen LogP contribution < -0.4 is 0 Å². The summed E-state index contributed by atoms with van der Waals surface area (Å²) >= 11 is 0. The summed E-state index contributed by atoms with van der Waals surface area (Å²) in [5, 5.41) is 0. The zero-order chi connectivity index (χ0) is 27.0. The van der Waals surface area contributed by atoms with Crippen molar-refractivity contribution >= 4 is 0 Å². The van der Waals surface area contributed by atoms with Gasteiger partial charge in [0.05, 0.1) is 12.2 Å². The second-order valence-corrected chi connectivity index (χ2v) is 14.9. The molecule has 4 bridgehead atoms. The molecule has 0 aromatic heterocycles. The van der Waals surface area contributed by atoms with Crippen LogP contribution in [0.1, 0.15) is 92.9 Å². The first-order valence-corrected chi connectivity index (χ1v) is 15.6. The summed E-state index contributed by atoms with van der Waals surface area (Å²) in [5.41, 5.74) is -1.79. The lowest BCUT2D eigenvalue weighted by Gasteiger charge is -2.60. The minimum absolute atomic E-state index is 0.102. The molecule has 10 fully saturated rings. The average molecular weight is 551 g/mol. The van der Waals surface area contributed by atoms with E-state index in [-0.39, 0.29) is 17.8 Å². The van der Waals surface area contributed by atoms with Gasteiger partial charge in [-0.3, -0.25) is 0 Å². The van der Waals surface area contributed by atoms with E-state index in [2.05, 4.69) is 27.7 Å². The smallest absolute Gasteiger partial charge is 0.201 e. The Bertz CT molecular complexity index is 1010. The molecule has 220 valence electrons. The van der Waals surface area contributed by atoms with E-state index in [1.807, 2.05) is 13.8 Å².